The van der Waals surface area contributed by atoms with Gasteiger partial charge < -0.3 is 4.90 Å². The van der Waals surface area contributed by atoms with Crippen molar-refractivity contribution in [3.63, 3.8) is 0 Å². The molecule has 1 fully saturated rings. The zero-order valence-corrected chi connectivity index (χ0v) is 15.6. The molecule has 2 aliphatic heterocycles. The van der Waals surface area contributed by atoms with Crippen LogP contribution in [0.4, 0.5) is 0 Å². The molecule has 4 aromatic carbocycles. The van der Waals surface area contributed by atoms with Gasteiger partial charge in [-0.15, -0.1) is 0 Å². The maximum atomic E-state index is 5.87. The fraction of sp³-hybridized carbons (Fsp3) is 0.125. The Hall–Kier alpha value is -2.75. The standard InChI is InChI=1S/C24H18N2S/c27-23-19-9-3-4-10-21(19)24(25-12-13-26(23)24)22-11-5-8-18-14-16-6-1-2-7-17(16)15-20(18)22/h1-11,14-15,25H,12-13H2. The molecular weight excluding hydrogens is 348 g/mol. The molecule has 6 rings (SSSR count). The first kappa shape index (κ1) is 15.3. The molecule has 4 aromatic rings. The van der Waals surface area contributed by atoms with Gasteiger partial charge in [-0.3, -0.25) is 5.32 Å². The van der Waals surface area contributed by atoms with E-state index in [-0.39, 0.29) is 5.66 Å². The van der Waals surface area contributed by atoms with Crippen LogP contribution in [0.3, 0.4) is 0 Å². The zero-order chi connectivity index (χ0) is 18.0. The average molecular weight is 366 g/mol. The summed E-state index contributed by atoms with van der Waals surface area (Å²) >= 11 is 5.87. The fourth-order valence-corrected chi connectivity index (χ4v) is 5.31. The van der Waals surface area contributed by atoms with E-state index in [0.29, 0.717) is 0 Å². The summed E-state index contributed by atoms with van der Waals surface area (Å²) < 4.78 is 0. The molecule has 0 radical (unpaired) electrons. The van der Waals surface area contributed by atoms with Crippen LogP contribution in [0.1, 0.15) is 16.7 Å². The van der Waals surface area contributed by atoms with Gasteiger partial charge in [-0.05, 0) is 33.7 Å². The van der Waals surface area contributed by atoms with E-state index >= 15 is 0 Å². The molecule has 27 heavy (non-hydrogen) atoms. The van der Waals surface area contributed by atoms with Crippen molar-refractivity contribution >= 4 is 38.8 Å². The van der Waals surface area contributed by atoms with Crippen molar-refractivity contribution < 1.29 is 0 Å². The lowest BCUT2D eigenvalue weighted by Crippen LogP contribution is -2.46. The zero-order valence-electron chi connectivity index (χ0n) is 14.8. The van der Waals surface area contributed by atoms with E-state index in [1.165, 1.54) is 38.2 Å². The van der Waals surface area contributed by atoms with Crippen LogP contribution in [0.25, 0.3) is 21.5 Å². The number of fused-ring (bicyclic) bond motifs is 5. The summed E-state index contributed by atoms with van der Waals surface area (Å²) in [4.78, 5) is 3.32. The van der Waals surface area contributed by atoms with Crippen LogP contribution in [0.5, 0.6) is 0 Å². The molecule has 1 unspecified atom stereocenters. The van der Waals surface area contributed by atoms with Gasteiger partial charge in [0.1, 0.15) is 10.7 Å². The van der Waals surface area contributed by atoms with E-state index in [1.54, 1.807) is 0 Å². The summed E-state index contributed by atoms with van der Waals surface area (Å²) in [5.74, 6) is 0. The molecular formula is C24H18N2S. The van der Waals surface area contributed by atoms with Crippen LogP contribution in [-0.4, -0.2) is 23.0 Å². The smallest absolute Gasteiger partial charge is 0.146 e. The van der Waals surface area contributed by atoms with Gasteiger partial charge in [0.05, 0.1) is 0 Å². The van der Waals surface area contributed by atoms with Crippen LogP contribution in [0.2, 0.25) is 0 Å². The van der Waals surface area contributed by atoms with E-state index in [9.17, 15) is 0 Å². The predicted molar refractivity (Wildman–Crippen MR) is 115 cm³/mol. The predicted octanol–water partition coefficient (Wildman–Crippen LogP) is 4.79. The van der Waals surface area contributed by atoms with Crippen molar-refractivity contribution in [1.82, 2.24) is 10.2 Å². The van der Waals surface area contributed by atoms with Gasteiger partial charge in [0, 0.05) is 29.8 Å². The summed E-state index contributed by atoms with van der Waals surface area (Å²) in [5.41, 5.74) is 3.37. The van der Waals surface area contributed by atoms with E-state index in [0.717, 1.165) is 18.1 Å². The minimum absolute atomic E-state index is 0.365. The van der Waals surface area contributed by atoms with Gasteiger partial charge in [0.25, 0.3) is 0 Å². The second-order valence-electron chi connectivity index (χ2n) is 7.37. The van der Waals surface area contributed by atoms with Crippen molar-refractivity contribution in [1.29, 1.82) is 0 Å². The van der Waals surface area contributed by atoms with Crippen molar-refractivity contribution in [3.05, 3.63) is 95.6 Å². The number of hydrogen-bond donors (Lipinski definition) is 1. The minimum Gasteiger partial charge on any atom is -0.335 e. The quantitative estimate of drug-likeness (QED) is 0.385. The van der Waals surface area contributed by atoms with Crippen molar-refractivity contribution in [2.24, 2.45) is 0 Å². The van der Waals surface area contributed by atoms with Crippen LogP contribution in [0.15, 0.2) is 78.9 Å². The number of nitrogens with zero attached hydrogens (tertiary/aromatic N) is 1. The summed E-state index contributed by atoms with van der Waals surface area (Å²) in [6, 6.07) is 28.4. The van der Waals surface area contributed by atoms with Gasteiger partial charge in [-0.25, -0.2) is 0 Å². The van der Waals surface area contributed by atoms with Crippen molar-refractivity contribution in [2.45, 2.75) is 5.66 Å². The Bertz CT molecular complexity index is 1250. The summed E-state index contributed by atoms with van der Waals surface area (Å²) in [5, 5.41) is 8.92. The van der Waals surface area contributed by atoms with E-state index in [1.807, 2.05) is 0 Å². The second-order valence-corrected chi connectivity index (χ2v) is 7.75. The molecule has 130 valence electrons. The summed E-state index contributed by atoms with van der Waals surface area (Å²) in [6.07, 6.45) is 0. The van der Waals surface area contributed by atoms with Gasteiger partial charge in [0.2, 0.25) is 0 Å². The maximum Gasteiger partial charge on any atom is 0.146 e. The first-order chi connectivity index (χ1) is 13.3. The Labute approximate surface area is 163 Å². The molecule has 1 saturated heterocycles. The Kier molecular flexibility index (Phi) is 3.05. The fourth-order valence-electron chi connectivity index (χ4n) is 4.90. The topological polar surface area (TPSA) is 15.3 Å². The Morgan fingerprint density at radius 2 is 1.48 bits per heavy atom. The van der Waals surface area contributed by atoms with Crippen molar-refractivity contribution in [3.8, 4) is 0 Å². The highest BCUT2D eigenvalue weighted by atomic mass is 32.1. The molecule has 0 aliphatic carbocycles. The Balaban J connectivity index is 1.72. The van der Waals surface area contributed by atoms with Crippen LogP contribution < -0.4 is 5.32 Å². The Morgan fingerprint density at radius 3 is 2.37 bits per heavy atom. The van der Waals surface area contributed by atoms with E-state index < -0.39 is 0 Å². The lowest BCUT2D eigenvalue weighted by Gasteiger charge is -2.35. The number of benzene rings is 4. The maximum absolute atomic E-state index is 5.87. The molecule has 2 heterocycles. The molecule has 0 saturated carbocycles. The average Bonchev–Trinajstić information content (AvgIpc) is 3.25. The molecule has 1 N–H and O–H groups in total. The second kappa shape index (κ2) is 5.38. The molecule has 0 bridgehead atoms. The van der Waals surface area contributed by atoms with Crippen LogP contribution >= 0.6 is 12.2 Å². The van der Waals surface area contributed by atoms with Crippen LogP contribution in [0, 0.1) is 0 Å². The third-order valence-corrected chi connectivity index (χ3v) is 6.49. The van der Waals surface area contributed by atoms with Gasteiger partial charge in [-0.2, -0.15) is 0 Å². The van der Waals surface area contributed by atoms with Gasteiger partial charge in [-0.1, -0.05) is 78.9 Å². The number of hydrogen-bond acceptors (Lipinski definition) is 2. The highest BCUT2D eigenvalue weighted by Gasteiger charge is 2.52. The summed E-state index contributed by atoms with van der Waals surface area (Å²) in [6.45, 7) is 1.86. The van der Waals surface area contributed by atoms with Gasteiger partial charge in [0.15, 0.2) is 0 Å². The highest BCUT2D eigenvalue weighted by molar-refractivity contribution is 7.80. The van der Waals surface area contributed by atoms with E-state index in [2.05, 4.69) is 89.1 Å². The van der Waals surface area contributed by atoms with Crippen molar-refractivity contribution in [2.75, 3.05) is 13.1 Å². The van der Waals surface area contributed by atoms with E-state index in [4.69, 9.17) is 12.2 Å². The largest absolute Gasteiger partial charge is 0.335 e. The van der Waals surface area contributed by atoms with Gasteiger partial charge >= 0.3 is 0 Å². The molecule has 3 heteroatoms. The molecule has 2 nitrogen and oxygen atoms in total. The third kappa shape index (κ3) is 1.90. The lowest BCUT2D eigenvalue weighted by molar-refractivity contribution is 0.283. The Morgan fingerprint density at radius 1 is 0.778 bits per heavy atom. The number of rotatable bonds is 1. The van der Waals surface area contributed by atoms with Crippen LogP contribution in [-0.2, 0) is 5.66 Å². The highest BCUT2D eigenvalue weighted by Crippen LogP contribution is 2.47. The molecule has 0 aromatic heterocycles. The normalized spacial score (nSPS) is 21.0. The first-order valence-electron chi connectivity index (χ1n) is 9.37. The monoisotopic (exact) mass is 366 g/mol. The molecule has 2 aliphatic rings. The molecule has 1 atom stereocenters. The number of nitrogens with one attached hydrogen (secondary N) is 1. The molecule has 0 spiro atoms. The minimum atomic E-state index is -0.365. The lowest BCUT2D eigenvalue weighted by atomic mass is 9.87. The third-order valence-electron chi connectivity index (χ3n) is 6.05. The first-order valence-corrected chi connectivity index (χ1v) is 9.78. The SMILES string of the molecule is S=C1c2ccccc2C2(c3cccc4cc5ccccc5cc34)NCCN12. The number of thiocarbonyl (C=S) groups is 1. The molecule has 0 amide bonds. The summed E-state index contributed by atoms with van der Waals surface area (Å²) in [7, 11) is 0.